The number of phenolic OH excluding ortho intramolecular Hbond substituents is 1. The van der Waals surface area contributed by atoms with Crippen molar-refractivity contribution in [3.63, 3.8) is 0 Å². The zero-order chi connectivity index (χ0) is 22.1. The SMILES string of the molecule is CC1(c2ccc(F)cc2)NC(=O)N(CC(=O)NNC(=O)c2cc(Cl)ccc2O)C1=O. The van der Waals surface area contributed by atoms with Crippen molar-refractivity contribution >= 4 is 35.4 Å². The molecule has 5 amide bonds. The molecule has 1 saturated heterocycles. The van der Waals surface area contributed by atoms with Crippen LogP contribution in [0.5, 0.6) is 5.75 Å². The van der Waals surface area contributed by atoms with Crippen molar-refractivity contribution in [1.29, 1.82) is 0 Å². The summed E-state index contributed by atoms with van der Waals surface area (Å²) in [7, 11) is 0. The molecule has 0 bridgehead atoms. The molecular weight excluding hydrogens is 419 g/mol. The van der Waals surface area contributed by atoms with Crippen molar-refractivity contribution in [2.75, 3.05) is 6.54 Å². The van der Waals surface area contributed by atoms with Crippen LogP contribution in [-0.4, -0.2) is 40.3 Å². The van der Waals surface area contributed by atoms with Crippen molar-refractivity contribution in [2.45, 2.75) is 12.5 Å². The second-order valence-corrected chi connectivity index (χ2v) is 7.05. The molecule has 0 spiro atoms. The highest BCUT2D eigenvalue weighted by Crippen LogP contribution is 2.28. The van der Waals surface area contributed by atoms with Crippen molar-refractivity contribution < 1.29 is 28.7 Å². The van der Waals surface area contributed by atoms with E-state index in [0.717, 1.165) is 12.1 Å². The average molecular weight is 435 g/mol. The Hall–Kier alpha value is -3.66. The highest BCUT2D eigenvalue weighted by atomic mass is 35.5. The lowest BCUT2D eigenvalue weighted by molar-refractivity contribution is -0.135. The molecule has 3 rings (SSSR count). The highest BCUT2D eigenvalue weighted by Gasteiger charge is 2.49. The van der Waals surface area contributed by atoms with Gasteiger partial charge >= 0.3 is 6.03 Å². The Labute approximate surface area is 174 Å². The second-order valence-electron chi connectivity index (χ2n) is 6.62. The zero-order valence-electron chi connectivity index (χ0n) is 15.5. The Morgan fingerprint density at radius 2 is 1.83 bits per heavy atom. The summed E-state index contributed by atoms with van der Waals surface area (Å²) in [6.45, 7) is 0.755. The number of carbonyl (C=O) groups excluding carboxylic acids is 4. The third-order valence-corrected chi connectivity index (χ3v) is 4.75. The number of phenols is 1. The van der Waals surface area contributed by atoms with Crippen molar-refractivity contribution in [1.82, 2.24) is 21.1 Å². The predicted octanol–water partition coefficient (Wildman–Crippen LogP) is 1.41. The Kier molecular flexibility index (Phi) is 5.61. The van der Waals surface area contributed by atoms with Crippen molar-refractivity contribution in [3.8, 4) is 5.75 Å². The fourth-order valence-corrected chi connectivity index (χ4v) is 3.06. The van der Waals surface area contributed by atoms with Crippen LogP contribution >= 0.6 is 11.6 Å². The van der Waals surface area contributed by atoms with Gasteiger partial charge in [-0.1, -0.05) is 23.7 Å². The van der Waals surface area contributed by atoms with Gasteiger partial charge in [0.05, 0.1) is 5.56 Å². The maximum Gasteiger partial charge on any atom is 0.325 e. The predicted molar refractivity (Wildman–Crippen MR) is 103 cm³/mol. The van der Waals surface area contributed by atoms with Crippen molar-refractivity contribution in [2.24, 2.45) is 0 Å². The molecule has 0 aromatic heterocycles. The van der Waals surface area contributed by atoms with Gasteiger partial charge in [-0.15, -0.1) is 0 Å². The summed E-state index contributed by atoms with van der Waals surface area (Å²) >= 11 is 5.77. The summed E-state index contributed by atoms with van der Waals surface area (Å²) in [5.74, 6) is -3.28. The summed E-state index contributed by atoms with van der Waals surface area (Å²) in [6.07, 6.45) is 0. The van der Waals surface area contributed by atoms with Gasteiger partial charge in [-0.25, -0.2) is 9.18 Å². The molecule has 11 heteroatoms. The first-order chi connectivity index (χ1) is 14.1. The normalized spacial score (nSPS) is 18.2. The summed E-state index contributed by atoms with van der Waals surface area (Å²) in [4.78, 5) is 49.8. The molecule has 1 heterocycles. The van der Waals surface area contributed by atoms with Gasteiger partial charge in [-0.05, 0) is 42.8 Å². The molecule has 1 aliphatic rings. The number of urea groups is 1. The minimum absolute atomic E-state index is 0.179. The van der Waals surface area contributed by atoms with Crippen LogP contribution in [-0.2, 0) is 15.1 Å². The molecule has 4 N–H and O–H groups in total. The lowest BCUT2D eigenvalue weighted by atomic mass is 9.92. The van der Waals surface area contributed by atoms with Crippen LogP contribution in [0.1, 0.15) is 22.8 Å². The third-order valence-electron chi connectivity index (χ3n) is 4.52. The molecule has 2 aromatic carbocycles. The van der Waals surface area contributed by atoms with Crippen LogP contribution in [0.3, 0.4) is 0 Å². The van der Waals surface area contributed by atoms with Crippen LogP contribution in [0.25, 0.3) is 0 Å². The number of benzene rings is 2. The van der Waals surface area contributed by atoms with Crippen molar-refractivity contribution in [3.05, 3.63) is 64.4 Å². The highest BCUT2D eigenvalue weighted by molar-refractivity contribution is 6.31. The molecule has 0 radical (unpaired) electrons. The maximum absolute atomic E-state index is 13.1. The fourth-order valence-electron chi connectivity index (χ4n) is 2.89. The number of imide groups is 1. The standard InChI is InChI=1S/C19H16ClFN4O5/c1-19(10-2-5-12(21)6-3-10)17(29)25(18(30)22-19)9-15(27)23-24-16(28)13-8-11(20)4-7-14(13)26/h2-8,26H,9H2,1H3,(H,22,30)(H,23,27)(H,24,28). The average Bonchev–Trinajstić information content (AvgIpc) is 2.92. The fraction of sp³-hybridized carbons (Fsp3) is 0.158. The van der Waals surface area contributed by atoms with E-state index >= 15 is 0 Å². The molecule has 0 aliphatic carbocycles. The largest absolute Gasteiger partial charge is 0.507 e. The number of hydrazine groups is 1. The molecule has 9 nitrogen and oxygen atoms in total. The first-order valence-electron chi connectivity index (χ1n) is 8.59. The quantitative estimate of drug-likeness (QED) is 0.427. The number of amides is 5. The van der Waals surface area contributed by atoms with Gasteiger partial charge in [0, 0.05) is 5.02 Å². The molecule has 1 atom stereocenters. The van der Waals surface area contributed by atoms with Gasteiger partial charge in [-0.2, -0.15) is 0 Å². The summed E-state index contributed by atoms with van der Waals surface area (Å²) < 4.78 is 13.1. The molecule has 30 heavy (non-hydrogen) atoms. The lowest BCUT2D eigenvalue weighted by Gasteiger charge is -2.22. The minimum atomic E-state index is -1.47. The van der Waals surface area contributed by atoms with Gasteiger partial charge in [0.15, 0.2) is 0 Å². The van der Waals surface area contributed by atoms with E-state index in [1.165, 1.54) is 37.3 Å². The molecule has 1 aliphatic heterocycles. The number of nitrogens with zero attached hydrogens (tertiary/aromatic N) is 1. The van der Waals surface area contributed by atoms with Crippen LogP contribution < -0.4 is 16.2 Å². The third kappa shape index (κ3) is 4.03. The monoisotopic (exact) mass is 434 g/mol. The van der Waals surface area contributed by atoms with E-state index in [4.69, 9.17) is 11.6 Å². The Morgan fingerprint density at radius 3 is 2.50 bits per heavy atom. The number of aromatic hydroxyl groups is 1. The van der Waals surface area contributed by atoms with Gasteiger partial charge in [0.1, 0.15) is 23.7 Å². The molecule has 156 valence electrons. The van der Waals surface area contributed by atoms with E-state index in [1.54, 1.807) is 0 Å². The molecule has 0 saturated carbocycles. The number of hydrogen-bond acceptors (Lipinski definition) is 5. The number of nitrogens with one attached hydrogen (secondary N) is 3. The van der Waals surface area contributed by atoms with Crippen LogP contribution in [0.15, 0.2) is 42.5 Å². The van der Waals surface area contributed by atoms with Crippen LogP contribution in [0.2, 0.25) is 5.02 Å². The van der Waals surface area contributed by atoms with E-state index < -0.39 is 41.7 Å². The van der Waals surface area contributed by atoms with E-state index in [-0.39, 0.29) is 16.3 Å². The second kappa shape index (κ2) is 7.99. The summed E-state index contributed by atoms with van der Waals surface area (Å²) in [5, 5.41) is 12.4. The van der Waals surface area contributed by atoms with Crippen LogP contribution in [0, 0.1) is 5.82 Å². The topological polar surface area (TPSA) is 128 Å². The lowest BCUT2D eigenvalue weighted by Crippen LogP contribution is -2.48. The van der Waals surface area contributed by atoms with Gasteiger partial charge in [-0.3, -0.25) is 30.1 Å². The van der Waals surface area contributed by atoms with E-state index in [1.807, 2.05) is 0 Å². The van der Waals surface area contributed by atoms with Crippen LogP contribution in [0.4, 0.5) is 9.18 Å². The Morgan fingerprint density at radius 1 is 1.17 bits per heavy atom. The van der Waals surface area contributed by atoms with Gasteiger partial charge in [0.25, 0.3) is 17.7 Å². The summed E-state index contributed by atoms with van der Waals surface area (Å²) in [5.41, 5.74) is 2.81. The molecular formula is C19H16ClFN4O5. The Bertz CT molecular complexity index is 1050. The van der Waals surface area contributed by atoms with E-state index in [9.17, 15) is 28.7 Å². The van der Waals surface area contributed by atoms with Gasteiger partial charge in [0.2, 0.25) is 0 Å². The minimum Gasteiger partial charge on any atom is -0.507 e. The first-order valence-corrected chi connectivity index (χ1v) is 8.97. The number of carbonyl (C=O) groups is 4. The molecule has 2 aromatic rings. The molecule has 1 unspecified atom stereocenters. The maximum atomic E-state index is 13.1. The van der Waals surface area contributed by atoms with E-state index in [0.29, 0.717) is 10.5 Å². The van der Waals surface area contributed by atoms with Gasteiger partial charge < -0.3 is 10.4 Å². The zero-order valence-corrected chi connectivity index (χ0v) is 16.3. The number of rotatable bonds is 4. The number of halogens is 2. The molecule has 1 fully saturated rings. The number of hydrogen-bond donors (Lipinski definition) is 4. The summed E-state index contributed by atoms with van der Waals surface area (Å²) in [6, 6.07) is 7.98. The Balaban J connectivity index is 1.64. The smallest absolute Gasteiger partial charge is 0.325 e. The van der Waals surface area contributed by atoms with E-state index in [2.05, 4.69) is 16.2 Å². The first kappa shape index (κ1) is 21.1.